The van der Waals surface area contributed by atoms with E-state index >= 15 is 0 Å². The van der Waals surface area contributed by atoms with Gasteiger partial charge in [0.15, 0.2) is 0 Å². The molecular formula is C24H30Cl2N4O3. The molecule has 1 heterocycles. The van der Waals surface area contributed by atoms with Crippen LogP contribution in [-0.2, 0) is 4.79 Å². The van der Waals surface area contributed by atoms with E-state index in [9.17, 15) is 9.90 Å². The van der Waals surface area contributed by atoms with Crippen molar-refractivity contribution in [1.29, 1.82) is 0 Å². The number of hydrogen-bond donors (Lipinski definition) is 4. The summed E-state index contributed by atoms with van der Waals surface area (Å²) < 4.78 is 5.59. The largest absolute Gasteiger partial charge is 0.489 e. The summed E-state index contributed by atoms with van der Waals surface area (Å²) in [4.78, 5) is 11.4. The Bertz CT molecular complexity index is 996. The summed E-state index contributed by atoms with van der Waals surface area (Å²) in [7, 11) is 0. The lowest BCUT2D eigenvalue weighted by molar-refractivity contribution is -0.121. The van der Waals surface area contributed by atoms with Crippen molar-refractivity contribution in [3.8, 4) is 5.75 Å². The molecule has 2 aromatic carbocycles. The van der Waals surface area contributed by atoms with Crippen LogP contribution in [0.4, 0.5) is 5.69 Å². The maximum absolute atomic E-state index is 11.4. The number of carbonyl (C=O) groups excluding carboxylic acids is 1. The molecule has 0 spiro atoms. The molecule has 0 aromatic heterocycles. The summed E-state index contributed by atoms with van der Waals surface area (Å²) in [5.74, 6) is 0.485. The normalized spacial score (nSPS) is 17.2. The second-order valence-corrected chi connectivity index (χ2v) is 9.63. The average molecular weight is 493 g/mol. The van der Waals surface area contributed by atoms with Crippen LogP contribution in [0.3, 0.4) is 0 Å². The predicted molar refractivity (Wildman–Crippen MR) is 133 cm³/mol. The number of aliphatic hydroxyl groups excluding tert-OH is 1. The van der Waals surface area contributed by atoms with Crippen LogP contribution in [0.15, 0.2) is 47.6 Å². The van der Waals surface area contributed by atoms with Gasteiger partial charge in [0, 0.05) is 36.7 Å². The lowest BCUT2D eigenvalue weighted by Crippen LogP contribution is -2.49. The molecule has 0 saturated heterocycles. The number of nitrogens with one attached hydrogen (secondary N) is 3. The Morgan fingerprint density at radius 1 is 1.24 bits per heavy atom. The number of nitrogens with zero attached hydrogens (tertiary/aromatic N) is 1. The monoisotopic (exact) mass is 492 g/mol. The molecule has 1 aliphatic rings. The van der Waals surface area contributed by atoms with Gasteiger partial charge in [0.25, 0.3) is 0 Å². The molecular weight excluding hydrogens is 463 g/mol. The Labute approximate surface area is 204 Å². The summed E-state index contributed by atoms with van der Waals surface area (Å²) in [6.45, 7) is 7.21. The molecule has 0 unspecified atom stereocenters. The molecule has 178 valence electrons. The highest BCUT2D eigenvalue weighted by Crippen LogP contribution is 2.31. The second-order valence-electron chi connectivity index (χ2n) is 8.85. The maximum Gasteiger partial charge on any atom is 0.240 e. The first kappa shape index (κ1) is 25.3. The van der Waals surface area contributed by atoms with Crippen molar-refractivity contribution in [3.05, 3.63) is 58.1 Å². The molecule has 2 aromatic rings. The molecule has 2 atom stereocenters. The van der Waals surface area contributed by atoms with E-state index in [4.69, 9.17) is 27.9 Å². The van der Waals surface area contributed by atoms with Gasteiger partial charge in [0.1, 0.15) is 23.5 Å². The fourth-order valence-corrected chi connectivity index (χ4v) is 3.73. The van der Waals surface area contributed by atoms with E-state index in [1.807, 2.05) is 31.2 Å². The number of amides is 1. The minimum atomic E-state index is -0.711. The van der Waals surface area contributed by atoms with Crippen LogP contribution in [0.25, 0.3) is 0 Å². The Morgan fingerprint density at radius 3 is 2.67 bits per heavy atom. The fraction of sp³-hybridized carbons (Fsp3) is 0.417. The maximum atomic E-state index is 11.4. The van der Waals surface area contributed by atoms with Crippen molar-refractivity contribution in [2.45, 2.75) is 38.8 Å². The van der Waals surface area contributed by atoms with Crippen molar-refractivity contribution >= 4 is 40.5 Å². The molecule has 0 radical (unpaired) electrons. The van der Waals surface area contributed by atoms with Gasteiger partial charge in [-0.2, -0.15) is 5.10 Å². The van der Waals surface area contributed by atoms with E-state index in [1.165, 1.54) is 0 Å². The van der Waals surface area contributed by atoms with Gasteiger partial charge in [-0.05, 0) is 43.7 Å². The first-order chi connectivity index (χ1) is 15.6. The summed E-state index contributed by atoms with van der Waals surface area (Å²) in [6, 6.07) is 13.1. The van der Waals surface area contributed by atoms with E-state index in [-0.39, 0.29) is 24.0 Å². The van der Waals surface area contributed by atoms with E-state index in [0.717, 1.165) is 17.0 Å². The zero-order chi connectivity index (χ0) is 24.0. The van der Waals surface area contributed by atoms with Gasteiger partial charge in [-0.3, -0.25) is 4.79 Å². The number of anilines is 1. The van der Waals surface area contributed by atoms with E-state index in [1.54, 1.807) is 18.2 Å². The standard InChI is InChI=1S/C24H30Cl2N4O3/c1-15-11-21(32)29-30-23(15)16-7-9-17(10-8-16)27-14-24(2,3)28-12-18(31)13-33-20-6-4-5-19(25)22(20)26/h4-10,15,18,27-28,31H,11-14H2,1-3H3,(H,29,32)/t15-,18+/m1/s1. The smallest absolute Gasteiger partial charge is 0.240 e. The molecule has 3 rings (SSSR count). The predicted octanol–water partition coefficient (Wildman–Crippen LogP) is 4.07. The minimum Gasteiger partial charge on any atom is -0.489 e. The van der Waals surface area contributed by atoms with Gasteiger partial charge in [0.05, 0.1) is 10.7 Å². The Balaban J connectivity index is 1.44. The minimum absolute atomic E-state index is 0.0517. The van der Waals surface area contributed by atoms with Crippen molar-refractivity contribution in [2.24, 2.45) is 11.0 Å². The number of ether oxygens (including phenoxy) is 1. The summed E-state index contributed by atoms with van der Waals surface area (Å²) >= 11 is 12.1. The summed E-state index contributed by atoms with van der Waals surface area (Å²) in [5, 5.41) is 22.0. The molecule has 4 N–H and O–H groups in total. The molecule has 33 heavy (non-hydrogen) atoms. The molecule has 0 aliphatic carbocycles. The highest BCUT2D eigenvalue weighted by Gasteiger charge is 2.22. The van der Waals surface area contributed by atoms with E-state index in [0.29, 0.717) is 35.3 Å². The van der Waals surface area contributed by atoms with Gasteiger partial charge >= 0.3 is 0 Å². The topological polar surface area (TPSA) is 95.0 Å². The molecule has 1 amide bonds. The highest BCUT2D eigenvalue weighted by molar-refractivity contribution is 6.42. The van der Waals surface area contributed by atoms with Gasteiger partial charge < -0.3 is 20.5 Å². The Hall–Kier alpha value is -2.32. The number of halogens is 2. The first-order valence-electron chi connectivity index (χ1n) is 10.9. The van der Waals surface area contributed by atoms with Crippen LogP contribution >= 0.6 is 23.2 Å². The highest BCUT2D eigenvalue weighted by atomic mass is 35.5. The zero-order valence-corrected chi connectivity index (χ0v) is 20.5. The van der Waals surface area contributed by atoms with Crippen LogP contribution in [0.2, 0.25) is 10.0 Å². The van der Waals surface area contributed by atoms with Crippen molar-refractivity contribution in [1.82, 2.24) is 10.7 Å². The van der Waals surface area contributed by atoms with Gasteiger partial charge in [-0.1, -0.05) is 48.3 Å². The van der Waals surface area contributed by atoms with Gasteiger partial charge in [-0.15, -0.1) is 0 Å². The van der Waals surface area contributed by atoms with Gasteiger partial charge in [-0.25, -0.2) is 5.43 Å². The third-order valence-electron chi connectivity index (χ3n) is 5.34. The third-order valence-corrected chi connectivity index (χ3v) is 6.14. The van der Waals surface area contributed by atoms with Crippen LogP contribution in [0.1, 0.15) is 32.8 Å². The quantitative estimate of drug-likeness (QED) is 0.400. The summed E-state index contributed by atoms with van der Waals surface area (Å²) in [6.07, 6.45) is -0.265. The zero-order valence-electron chi connectivity index (χ0n) is 19.0. The lowest BCUT2D eigenvalue weighted by atomic mass is 9.94. The number of β-amino-alcohol motifs (C(OH)–C–C–N with tert-alkyl or cyclic N) is 1. The van der Waals surface area contributed by atoms with Crippen LogP contribution in [0.5, 0.6) is 5.75 Å². The van der Waals surface area contributed by atoms with Crippen LogP contribution < -0.4 is 20.8 Å². The molecule has 9 heteroatoms. The van der Waals surface area contributed by atoms with Crippen LogP contribution in [-0.4, -0.2) is 48.1 Å². The first-order valence-corrected chi connectivity index (χ1v) is 11.6. The SMILES string of the molecule is C[C@@H]1CC(=O)NN=C1c1ccc(NCC(C)(C)NC[C@H](O)COc2cccc(Cl)c2Cl)cc1. The number of hydrogen-bond acceptors (Lipinski definition) is 6. The number of benzene rings is 2. The van der Waals surface area contributed by atoms with Crippen LogP contribution in [0, 0.1) is 5.92 Å². The van der Waals surface area contributed by atoms with E-state index < -0.39 is 6.10 Å². The van der Waals surface area contributed by atoms with Gasteiger partial charge in [0.2, 0.25) is 5.91 Å². The molecule has 0 saturated carbocycles. The van der Waals surface area contributed by atoms with Crippen molar-refractivity contribution in [2.75, 3.05) is 25.0 Å². The number of hydrazone groups is 1. The molecule has 0 fully saturated rings. The molecule has 0 bridgehead atoms. The third kappa shape index (κ3) is 7.33. The van der Waals surface area contributed by atoms with Crippen molar-refractivity contribution < 1.29 is 14.6 Å². The number of carbonyl (C=O) groups is 1. The summed E-state index contributed by atoms with van der Waals surface area (Å²) in [5.41, 5.74) is 5.13. The van der Waals surface area contributed by atoms with Crippen molar-refractivity contribution in [3.63, 3.8) is 0 Å². The molecule has 1 aliphatic heterocycles. The lowest BCUT2D eigenvalue weighted by Gasteiger charge is -2.28. The number of rotatable bonds is 10. The average Bonchev–Trinajstić information content (AvgIpc) is 2.78. The Kier molecular flexibility index (Phi) is 8.59. The Morgan fingerprint density at radius 2 is 1.97 bits per heavy atom. The fourth-order valence-electron chi connectivity index (χ4n) is 3.38. The molecule has 7 nitrogen and oxygen atoms in total. The number of aliphatic hydroxyl groups is 1. The second kappa shape index (κ2) is 11.2. The van der Waals surface area contributed by atoms with E-state index in [2.05, 4.69) is 35.0 Å².